The lowest BCUT2D eigenvalue weighted by Crippen LogP contribution is -2.22. The van der Waals surface area contributed by atoms with Gasteiger partial charge in [0.25, 0.3) is 0 Å². The number of aromatic nitrogens is 5. The number of aryl methyl sites for hydroxylation is 1. The van der Waals surface area contributed by atoms with Crippen LogP contribution in [0, 0.1) is 13.8 Å². The molecule has 0 atom stereocenters. The van der Waals surface area contributed by atoms with Crippen molar-refractivity contribution in [2.24, 2.45) is 0 Å². The highest BCUT2D eigenvalue weighted by Gasteiger charge is 2.18. The third kappa shape index (κ3) is 4.69. The Morgan fingerprint density at radius 1 is 0.939 bits per heavy atom. The molecular weight excluding hydrogens is 440 g/mol. The van der Waals surface area contributed by atoms with Crippen LogP contribution in [0.15, 0.2) is 65.8 Å². The summed E-state index contributed by atoms with van der Waals surface area (Å²) in [5.74, 6) is 2.29. The molecule has 0 fully saturated rings. The Morgan fingerprint density at radius 3 is 2.48 bits per heavy atom. The van der Waals surface area contributed by atoms with Gasteiger partial charge in [-0.05, 0) is 50.2 Å². The zero-order chi connectivity index (χ0) is 23.6. The van der Waals surface area contributed by atoms with E-state index in [4.69, 9.17) is 0 Å². The van der Waals surface area contributed by atoms with E-state index in [1.807, 2.05) is 32.0 Å². The maximum Gasteiger partial charge on any atom is 0.242 e. The molecule has 0 unspecified atom stereocenters. The third-order valence-electron chi connectivity index (χ3n) is 5.00. The average Bonchev–Trinajstić information content (AvgIpc) is 3.08. The van der Waals surface area contributed by atoms with Crippen molar-refractivity contribution in [3.63, 3.8) is 0 Å². The van der Waals surface area contributed by atoms with E-state index in [2.05, 4.69) is 30.7 Å². The van der Waals surface area contributed by atoms with E-state index in [0.717, 1.165) is 17.1 Å². The Morgan fingerprint density at radius 2 is 1.76 bits per heavy atom. The Labute approximate surface area is 192 Å². The second kappa shape index (κ2) is 8.96. The molecule has 1 aromatic carbocycles. The molecule has 4 rings (SSSR count). The summed E-state index contributed by atoms with van der Waals surface area (Å²) in [6.07, 6.45) is 3.32. The van der Waals surface area contributed by atoms with E-state index in [9.17, 15) is 8.42 Å². The number of sulfonamides is 1. The lowest BCUT2D eigenvalue weighted by Gasteiger charge is -2.13. The number of anilines is 4. The van der Waals surface area contributed by atoms with Gasteiger partial charge in [0.05, 0.1) is 10.6 Å². The highest BCUT2D eigenvalue weighted by Crippen LogP contribution is 2.26. The second-order valence-electron chi connectivity index (χ2n) is 7.49. The molecule has 0 bridgehead atoms. The fourth-order valence-corrected chi connectivity index (χ4v) is 4.03. The number of rotatable bonds is 7. The summed E-state index contributed by atoms with van der Waals surface area (Å²) in [5.41, 5.74) is 2.39. The molecule has 33 heavy (non-hydrogen) atoms. The van der Waals surface area contributed by atoms with Crippen molar-refractivity contribution in [2.75, 3.05) is 24.7 Å². The molecule has 0 aliphatic carbocycles. The number of benzene rings is 1. The van der Waals surface area contributed by atoms with Gasteiger partial charge < -0.3 is 10.6 Å². The summed E-state index contributed by atoms with van der Waals surface area (Å²) >= 11 is 0. The molecule has 0 spiro atoms. The van der Waals surface area contributed by atoms with Crippen molar-refractivity contribution in [1.82, 2.24) is 29.0 Å². The smallest absolute Gasteiger partial charge is 0.242 e. The second-order valence-corrected chi connectivity index (χ2v) is 9.64. The lowest BCUT2D eigenvalue weighted by molar-refractivity contribution is 0.521. The number of hydrogen-bond acceptors (Lipinski definition) is 8. The maximum atomic E-state index is 12.4. The van der Waals surface area contributed by atoms with E-state index in [1.165, 1.54) is 18.4 Å². The highest BCUT2D eigenvalue weighted by molar-refractivity contribution is 7.89. The van der Waals surface area contributed by atoms with Gasteiger partial charge in [-0.15, -0.1) is 0 Å². The zero-order valence-corrected chi connectivity index (χ0v) is 19.5. The minimum Gasteiger partial charge on any atom is -0.324 e. The summed E-state index contributed by atoms with van der Waals surface area (Å²) < 4.78 is 27.7. The van der Waals surface area contributed by atoms with Crippen molar-refractivity contribution in [3.05, 3.63) is 72.2 Å². The van der Waals surface area contributed by atoms with Crippen molar-refractivity contribution >= 4 is 33.3 Å². The van der Waals surface area contributed by atoms with Crippen LogP contribution in [0.3, 0.4) is 0 Å². The summed E-state index contributed by atoms with van der Waals surface area (Å²) in [5, 5.41) is 11.0. The van der Waals surface area contributed by atoms with Gasteiger partial charge in [-0.1, -0.05) is 12.1 Å². The SMILES string of the molecule is Cc1nn(-c2ccccn2)c(Nc2ccnc(Nc3cccc(S(=O)(=O)N(C)C)c3)n2)c1C. The highest BCUT2D eigenvalue weighted by atomic mass is 32.2. The predicted molar refractivity (Wildman–Crippen MR) is 127 cm³/mol. The molecule has 11 heteroatoms. The first kappa shape index (κ1) is 22.4. The molecule has 170 valence electrons. The van der Waals surface area contributed by atoms with E-state index in [-0.39, 0.29) is 4.90 Å². The molecule has 0 radical (unpaired) electrons. The van der Waals surface area contributed by atoms with Crippen molar-refractivity contribution in [1.29, 1.82) is 0 Å². The first-order valence-electron chi connectivity index (χ1n) is 10.1. The molecule has 0 aliphatic heterocycles. The van der Waals surface area contributed by atoms with Crippen LogP contribution in [-0.2, 0) is 10.0 Å². The minimum absolute atomic E-state index is 0.178. The van der Waals surface area contributed by atoms with Crippen molar-refractivity contribution < 1.29 is 8.42 Å². The molecule has 10 nitrogen and oxygen atoms in total. The molecule has 0 aliphatic rings. The van der Waals surface area contributed by atoms with Gasteiger partial charge in [-0.25, -0.2) is 22.7 Å². The zero-order valence-electron chi connectivity index (χ0n) is 18.7. The van der Waals surface area contributed by atoms with Crippen molar-refractivity contribution in [2.45, 2.75) is 18.7 Å². The van der Waals surface area contributed by atoms with Crippen LogP contribution < -0.4 is 10.6 Å². The molecule has 2 N–H and O–H groups in total. The topological polar surface area (TPSA) is 118 Å². The quantitative estimate of drug-likeness (QED) is 0.427. The van der Waals surface area contributed by atoms with E-state index >= 15 is 0 Å². The van der Waals surface area contributed by atoms with Crippen LogP contribution in [0.2, 0.25) is 0 Å². The fourth-order valence-electron chi connectivity index (χ4n) is 3.08. The summed E-state index contributed by atoms with van der Waals surface area (Å²) in [4.78, 5) is 13.3. The Hall–Kier alpha value is -3.83. The monoisotopic (exact) mass is 464 g/mol. The van der Waals surface area contributed by atoms with Crippen LogP contribution in [0.5, 0.6) is 0 Å². The lowest BCUT2D eigenvalue weighted by atomic mass is 10.3. The molecule has 3 aromatic heterocycles. The standard InChI is InChI=1S/C22H24N8O2S/c1-15-16(2)28-30(20-10-5-6-12-23-20)21(15)26-19-11-13-24-22(27-19)25-17-8-7-9-18(14-17)33(31,32)29(3)4/h5-14H,1-4H3,(H2,24,25,26,27). The number of hydrogen-bond donors (Lipinski definition) is 2. The first-order chi connectivity index (χ1) is 15.8. The summed E-state index contributed by atoms with van der Waals surface area (Å²) in [6, 6.07) is 13.9. The first-order valence-corrected chi connectivity index (χ1v) is 11.6. The molecule has 0 saturated carbocycles. The third-order valence-corrected chi connectivity index (χ3v) is 6.81. The van der Waals surface area contributed by atoms with Crippen LogP contribution in [0.1, 0.15) is 11.3 Å². The minimum atomic E-state index is -3.55. The average molecular weight is 465 g/mol. The van der Waals surface area contributed by atoms with E-state index < -0.39 is 10.0 Å². The largest absolute Gasteiger partial charge is 0.324 e. The number of nitrogens with one attached hydrogen (secondary N) is 2. The van der Waals surface area contributed by atoms with Crippen molar-refractivity contribution in [3.8, 4) is 5.82 Å². The van der Waals surface area contributed by atoms with Crippen LogP contribution in [0.25, 0.3) is 5.82 Å². The van der Waals surface area contributed by atoms with Gasteiger partial charge in [0, 0.05) is 37.7 Å². The van der Waals surface area contributed by atoms with Crippen LogP contribution in [0.4, 0.5) is 23.3 Å². The van der Waals surface area contributed by atoms with Gasteiger partial charge in [-0.3, -0.25) is 0 Å². The molecule has 4 aromatic rings. The Balaban J connectivity index is 1.61. The van der Waals surface area contributed by atoms with Gasteiger partial charge in [0.1, 0.15) is 11.6 Å². The molecule has 0 saturated heterocycles. The van der Waals surface area contributed by atoms with Crippen LogP contribution >= 0.6 is 0 Å². The van der Waals surface area contributed by atoms with Gasteiger partial charge in [-0.2, -0.15) is 14.8 Å². The summed E-state index contributed by atoms with van der Waals surface area (Å²) in [6.45, 7) is 3.91. The van der Waals surface area contributed by atoms with Gasteiger partial charge >= 0.3 is 0 Å². The number of pyridine rings is 1. The number of nitrogens with zero attached hydrogens (tertiary/aromatic N) is 6. The predicted octanol–water partition coefficient (Wildman–Crippen LogP) is 3.41. The summed E-state index contributed by atoms with van der Waals surface area (Å²) in [7, 11) is -0.563. The molecule has 3 heterocycles. The Bertz CT molecular complexity index is 1380. The van der Waals surface area contributed by atoms with E-state index in [0.29, 0.717) is 23.3 Å². The van der Waals surface area contributed by atoms with Gasteiger partial charge in [0.15, 0.2) is 5.82 Å². The maximum absolute atomic E-state index is 12.4. The molecule has 0 amide bonds. The molecular formula is C22H24N8O2S. The fraction of sp³-hybridized carbons (Fsp3) is 0.182. The van der Waals surface area contributed by atoms with Gasteiger partial charge in [0.2, 0.25) is 16.0 Å². The van der Waals surface area contributed by atoms with Crippen LogP contribution in [-0.4, -0.2) is 51.6 Å². The normalized spacial score (nSPS) is 11.5. The van der Waals surface area contributed by atoms with E-state index in [1.54, 1.807) is 47.4 Å². The Kier molecular flexibility index (Phi) is 6.07.